The van der Waals surface area contributed by atoms with Crippen molar-refractivity contribution in [2.45, 2.75) is 46.3 Å². The van der Waals surface area contributed by atoms with Gasteiger partial charge in [-0.1, -0.05) is 6.92 Å². The number of nitrogens with zero attached hydrogens (tertiary/aromatic N) is 1. The minimum atomic E-state index is -0.106. The van der Waals surface area contributed by atoms with E-state index in [1.807, 2.05) is 18.7 Å². The third-order valence-corrected chi connectivity index (χ3v) is 5.07. The number of ether oxygens (including phenoxy) is 2. The molecule has 6 nitrogen and oxygen atoms in total. The lowest BCUT2D eigenvalue weighted by Crippen LogP contribution is -2.41. The lowest BCUT2D eigenvalue weighted by atomic mass is 9.95. The van der Waals surface area contributed by atoms with Crippen molar-refractivity contribution in [2.75, 3.05) is 26.3 Å². The van der Waals surface area contributed by atoms with Crippen LogP contribution in [0, 0.1) is 12.8 Å². The van der Waals surface area contributed by atoms with Gasteiger partial charge in [0.2, 0.25) is 0 Å². The molecule has 0 bridgehead atoms. The number of H-pyrrole nitrogens is 1. The molecule has 0 saturated carbocycles. The van der Waals surface area contributed by atoms with Gasteiger partial charge in [-0.3, -0.25) is 9.59 Å². The first-order valence-corrected chi connectivity index (χ1v) is 8.77. The average molecular weight is 334 g/mol. The maximum atomic E-state index is 12.9. The molecule has 0 radical (unpaired) electrons. The summed E-state index contributed by atoms with van der Waals surface area (Å²) in [6.45, 7) is 8.11. The third kappa shape index (κ3) is 3.13. The van der Waals surface area contributed by atoms with Crippen LogP contribution in [-0.4, -0.2) is 54.2 Å². The summed E-state index contributed by atoms with van der Waals surface area (Å²) >= 11 is 0. The minimum absolute atomic E-state index is 0.00541. The fraction of sp³-hybridized carbons (Fsp3) is 0.667. The summed E-state index contributed by atoms with van der Waals surface area (Å²) in [5, 5.41) is 0. The summed E-state index contributed by atoms with van der Waals surface area (Å²) in [6.07, 6.45) is 2.33. The van der Waals surface area contributed by atoms with Crippen LogP contribution in [0.3, 0.4) is 0 Å². The van der Waals surface area contributed by atoms with Crippen molar-refractivity contribution in [3.05, 3.63) is 22.5 Å². The Morgan fingerprint density at radius 1 is 1.21 bits per heavy atom. The Morgan fingerprint density at radius 3 is 2.38 bits per heavy atom. The second-order valence-electron chi connectivity index (χ2n) is 6.63. The van der Waals surface area contributed by atoms with E-state index in [4.69, 9.17) is 9.47 Å². The molecule has 0 spiro atoms. The number of nitrogens with one attached hydrogen (secondary N) is 1. The zero-order valence-electron chi connectivity index (χ0n) is 14.7. The second-order valence-corrected chi connectivity index (χ2v) is 6.63. The summed E-state index contributed by atoms with van der Waals surface area (Å²) in [6, 6.07) is 0. The molecule has 3 heterocycles. The lowest BCUT2D eigenvalue weighted by molar-refractivity contribution is -0.0956. The van der Waals surface area contributed by atoms with E-state index in [0.29, 0.717) is 49.9 Å². The standard InChI is InChI=1S/C18H26N2O4/c1-4-14-15(12(3)21)11(2)19-16(14)17(22)20-7-5-13(6-8-20)18-23-9-10-24-18/h13,18-19H,4-10H2,1-3H3. The number of aromatic amines is 1. The molecule has 2 fully saturated rings. The molecule has 132 valence electrons. The van der Waals surface area contributed by atoms with E-state index >= 15 is 0 Å². The summed E-state index contributed by atoms with van der Waals surface area (Å²) in [5.74, 6) is 0.364. The maximum Gasteiger partial charge on any atom is 0.270 e. The average Bonchev–Trinajstić information content (AvgIpc) is 3.21. The van der Waals surface area contributed by atoms with Crippen molar-refractivity contribution in [2.24, 2.45) is 5.92 Å². The number of piperidine rings is 1. The SMILES string of the molecule is CCc1c(C(=O)N2CCC(C3OCCO3)CC2)[nH]c(C)c1C(C)=O. The molecule has 3 rings (SSSR count). The van der Waals surface area contributed by atoms with Gasteiger partial charge < -0.3 is 19.4 Å². The Morgan fingerprint density at radius 2 is 1.83 bits per heavy atom. The summed E-state index contributed by atoms with van der Waals surface area (Å²) in [7, 11) is 0. The summed E-state index contributed by atoms with van der Waals surface area (Å²) < 4.78 is 11.2. The number of ketones is 1. The largest absolute Gasteiger partial charge is 0.354 e. The fourth-order valence-corrected chi connectivity index (χ4v) is 3.87. The minimum Gasteiger partial charge on any atom is -0.354 e. The van der Waals surface area contributed by atoms with Gasteiger partial charge in [-0.15, -0.1) is 0 Å². The first kappa shape index (κ1) is 17.2. The highest BCUT2D eigenvalue weighted by Crippen LogP contribution is 2.28. The normalized spacial score (nSPS) is 19.9. The van der Waals surface area contributed by atoms with Gasteiger partial charge in [0, 0.05) is 30.3 Å². The van der Waals surface area contributed by atoms with Crippen molar-refractivity contribution in [1.29, 1.82) is 0 Å². The molecule has 0 aromatic carbocycles. The third-order valence-electron chi connectivity index (χ3n) is 5.07. The van der Waals surface area contributed by atoms with Gasteiger partial charge in [-0.2, -0.15) is 0 Å². The molecule has 0 atom stereocenters. The monoisotopic (exact) mass is 334 g/mol. The molecule has 6 heteroatoms. The van der Waals surface area contributed by atoms with Crippen molar-refractivity contribution in [1.82, 2.24) is 9.88 Å². The molecule has 2 aliphatic rings. The highest BCUT2D eigenvalue weighted by atomic mass is 16.7. The van der Waals surface area contributed by atoms with Crippen LogP contribution in [-0.2, 0) is 15.9 Å². The number of aryl methyl sites for hydroxylation is 1. The maximum absolute atomic E-state index is 12.9. The molecule has 2 aliphatic heterocycles. The van der Waals surface area contributed by atoms with E-state index in [0.717, 1.165) is 24.1 Å². The first-order chi connectivity index (χ1) is 11.5. The van der Waals surface area contributed by atoms with Crippen molar-refractivity contribution < 1.29 is 19.1 Å². The number of Topliss-reactive ketones (excluding diaryl/α,β-unsaturated/α-hetero) is 1. The van der Waals surface area contributed by atoms with Gasteiger partial charge in [0.05, 0.1) is 13.2 Å². The van der Waals surface area contributed by atoms with Crippen molar-refractivity contribution in [3.63, 3.8) is 0 Å². The number of aromatic nitrogens is 1. The van der Waals surface area contributed by atoms with E-state index in [2.05, 4.69) is 4.98 Å². The van der Waals surface area contributed by atoms with E-state index in [-0.39, 0.29) is 18.0 Å². The zero-order valence-corrected chi connectivity index (χ0v) is 14.7. The predicted octanol–water partition coefficient (Wildman–Crippen LogP) is 2.31. The Hall–Kier alpha value is -1.66. The number of hydrogen-bond donors (Lipinski definition) is 1. The number of rotatable bonds is 4. The smallest absolute Gasteiger partial charge is 0.270 e. The van der Waals surface area contributed by atoms with E-state index in [1.54, 1.807) is 6.92 Å². The zero-order chi connectivity index (χ0) is 17.3. The van der Waals surface area contributed by atoms with Gasteiger partial charge in [0.1, 0.15) is 5.69 Å². The summed E-state index contributed by atoms with van der Waals surface area (Å²) in [4.78, 5) is 29.8. The van der Waals surface area contributed by atoms with Gasteiger partial charge in [-0.05, 0) is 38.7 Å². The predicted molar refractivity (Wildman–Crippen MR) is 89.2 cm³/mol. The van der Waals surface area contributed by atoms with Crippen LogP contribution >= 0.6 is 0 Å². The van der Waals surface area contributed by atoms with Gasteiger partial charge in [0.15, 0.2) is 12.1 Å². The van der Waals surface area contributed by atoms with Crippen LogP contribution < -0.4 is 0 Å². The van der Waals surface area contributed by atoms with Gasteiger partial charge in [-0.25, -0.2) is 0 Å². The molecule has 1 aromatic rings. The first-order valence-electron chi connectivity index (χ1n) is 8.77. The molecule has 0 unspecified atom stereocenters. The quantitative estimate of drug-likeness (QED) is 0.858. The molecular formula is C18H26N2O4. The molecule has 24 heavy (non-hydrogen) atoms. The number of likely N-dealkylation sites (tertiary alicyclic amines) is 1. The highest BCUT2D eigenvalue weighted by molar-refractivity contribution is 6.02. The molecule has 2 saturated heterocycles. The van der Waals surface area contributed by atoms with Crippen LogP contribution in [0.5, 0.6) is 0 Å². The molecule has 0 aliphatic carbocycles. The van der Waals surface area contributed by atoms with Gasteiger partial charge >= 0.3 is 0 Å². The van der Waals surface area contributed by atoms with E-state index in [1.165, 1.54) is 0 Å². The van der Waals surface area contributed by atoms with Gasteiger partial charge in [0.25, 0.3) is 5.91 Å². The van der Waals surface area contributed by atoms with Crippen LogP contribution in [0.4, 0.5) is 0 Å². The topological polar surface area (TPSA) is 71.6 Å². The lowest BCUT2D eigenvalue weighted by Gasteiger charge is -2.33. The fourth-order valence-electron chi connectivity index (χ4n) is 3.87. The Bertz CT molecular complexity index is 623. The van der Waals surface area contributed by atoms with Crippen LogP contribution in [0.2, 0.25) is 0 Å². The van der Waals surface area contributed by atoms with Crippen LogP contribution in [0.25, 0.3) is 0 Å². The number of carbonyl (C=O) groups excluding carboxylic acids is 2. The summed E-state index contributed by atoms with van der Waals surface area (Å²) in [5.41, 5.74) is 2.87. The molecular weight excluding hydrogens is 308 g/mol. The van der Waals surface area contributed by atoms with Crippen LogP contribution in [0.1, 0.15) is 58.8 Å². The van der Waals surface area contributed by atoms with E-state index < -0.39 is 0 Å². The van der Waals surface area contributed by atoms with Crippen molar-refractivity contribution >= 4 is 11.7 Å². The van der Waals surface area contributed by atoms with Crippen molar-refractivity contribution in [3.8, 4) is 0 Å². The second kappa shape index (κ2) is 7.07. The Labute approximate surface area is 142 Å². The number of carbonyl (C=O) groups is 2. The Kier molecular flexibility index (Phi) is 5.06. The number of hydrogen-bond acceptors (Lipinski definition) is 4. The van der Waals surface area contributed by atoms with E-state index in [9.17, 15) is 9.59 Å². The molecule has 1 amide bonds. The molecule has 1 N–H and O–H groups in total. The highest BCUT2D eigenvalue weighted by Gasteiger charge is 2.33. The Balaban J connectivity index is 1.71. The van der Waals surface area contributed by atoms with Crippen LogP contribution in [0.15, 0.2) is 0 Å². The molecule has 1 aromatic heterocycles. The number of amides is 1.